The maximum absolute atomic E-state index is 8.56. The van der Waals surface area contributed by atoms with Gasteiger partial charge in [-0.3, -0.25) is 16.1 Å². The van der Waals surface area contributed by atoms with E-state index in [2.05, 4.69) is 113 Å². The third kappa shape index (κ3) is 8.18. The summed E-state index contributed by atoms with van der Waals surface area (Å²) in [5, 5.41) is 70.8. The Morgan fingerprint density at radius 3 is 2.05 bits per heavy atom. The fraction of sp³-hybridized carbons (Fsp3) is 0.480. The van der Waals surface area contributed by atoms with Crippen LogP contribution in [0, 0.1) is 28.2 Å². The Hall–Kier alpha value is -7.77. The van der Waals surface area contributed by atoms with Crippen LogP contribution in [-0.2, 0) is 0 Å². The van der Waals surface area contributed by atoms with Crippen molar-refractivity contribution in [1.29, 1.82) is 10.9 Å². The van der Waals surface area contributed by atoms with Crippen LogP contribution in [0.3, 0.4) is 0 Å². The molecule has 1 aliphatic heterocycles. The van der Waals surface area contributed by atoms with Crippen LogP contribution in [0.5, 0.6) is 0 Å². The predicted molar refractivity (Wildman–Crippen MR) is 199 cm³/mol. The van der Waals surface area contributed by atoms with Crippen molar-refractivity contribution >= 4 is 53.2 Å². The number of rotatable bonds is 15. The van der Waals surface area contributed by atoms with Gasteiger partial charge in [-0.1, -0.05) is 46.8 Å². The number of hydrogen-bond donors (Lipinski definition) is 11. The molecule has 1 aliphatic rings. The fourth-order valence-electron chi connectivity index (χ4n) is 4.46. The van der Waals surface area contributed by atoms with E-state index in [1.165, 1.54) is 5.01 Å². The molecule has 6 heterocycles. The zero-order chi connectivity index (χ0) is 41.2. The van der Waals surface area contributed by atoms with Gasteiger partial charge in [0.05, 0.1) is 11.8 Å². The fourth-order valence-corrected chi connectivity index (χ4v) is 4.46. The number of hydrazone groups is 1. The average molecular weight is 789 g/mol. The zero-order valence-electron chi connectivity index (χ0n) is 31.5. The van der Waals surface area contributed by atoms with Gasteiger partial charge in [-0.15, -0.1) is 61.2 Å². The Labute approximate surface area is 321 Å². The number of guanidine groups is 1. The first-order valence-electron chi connectivity index (χ1n) is 16.9. The van der Waals surface area contributed by atoms with E-state index in [0.717, 1.165) is 14.5 Å². The van der Waals surface area contributed by atoms with Gasteiger partial charge in [-0.05, 0) is 18.8 Å². The van der Waals surface area contributed by atoms with Crippen molar-refractivity contribution in [1.82, 2.24) is 101 Å². The van der Waals surface area contributed by atoms with Crippen LogP contribution in [0.25, 0.3) is 11.9 Å². The highest BCUT2D eigenvalue weighted by molar-refractivity contribution is 5.99. The highest BCUT2D eigenvalue weighted by Crippen LogP contribution is 2.30. The van der Waals surface area contributed by atoms with E-state index >= 15 is 0 Å². The van der Waals surface area contributed by atoms with Crippen LogP contribution in [0.4, 0.5) is 35.7 Å². The van der Waals surface area contributed by atoms with Crippen LogP contribution in [-0.4, -0.2) is 120 Å². The molecule has 32 nitrogen and oxygen atoms in total. The summed E-state index contributed by atoms with van der Waals surface area (Å²) >= 11 is 0. The summed E-state index contributed by atoms with van der Waals surface area (Å²) in [5.41, 5.74) is 31.1. The molecule has 0 bridgehead atoms. The molecule has 2 unspecified atom stereocenters. The second-order valence-corrected chi connectivity index (χ2v) is 13.4. The highest BCUT2D eigenvalue weighted by Gasteiger charge is 2.32. The monoisotopic (exact) mass is 788 g/mol. The molecule has 0 aliphatic carbocycles. The van der Waals surface area contributed by atoms with Crippen molar-refractivity contribution in [3.63, 3.8) is 0 Å². The van der Waals surface area contributed by atoms with Crippen molar-refractivity contribution in [3.05, 3.63) is 11.6 Å². The van der Waals surface area contributed by atoms with Crippen molar-refractivity contribution < 1.29 is 0 Å². The molecule has 0 amide bonds. The van der Waals surface area contributed by atoms with E-state index in [4.69, 9.17) is 34.0 Å². The van der Waals surface area contributed by atoms with Crippen LogP contribution in [0.1, 0.15) is 60.1 Å². The number of aromatic amines is 1. The Morgan fingerprint density at radius 2 is 1.46 bits per heavy atom. The van der Waals surface area contributed by atoms with Crippen molar-refractivity contribution in [2.75, 3.05) is 27.2 Å². The van der Waals surface area contributed by atoms with E-state index in [-0.39, 0.29) is 94.6 Å². The molecule has 2 atom stereocenters. The van der Waals surface area contributed by atoms with Gasteiger partial charge in [0.25, 0.3) is 29.7 Å². The first-order chi connectivity index (χ1) is 27.0. The van der Waals surface area contributed by atoms with Gasteiger partial charge < -0.3 is 22.6 Å². The summed E-state index contributed by atoms with van der Waals surface area (Å²) in [6.07, 6.45) is -0.642. The van der Waals surface area contributed by atoms with Gasteiger partial charge in [-0.25, -0.2) is 20.9 Å². The minimum atomic E-state index is -0.642. The molecular formula is C25H40N32. The lowest BCUT2D eigenvalue weighted by molar-refractivity contribution is 0.0877. The average Bonchev–Trinajstić information content (AvgIpc) is 4.00. The Bertz CT molecular complexity index is 2260. The lowest BCUT2D eigenvalue weighted by Crippen LogP contribution is -2.48. The molecule has 5 aromatic rings. The molecule has 0 saturated heterocycles. The number of aromatic nitrogens is 17. The number of aliphatic imine (C=N–C) groups is 1. The largest absolute Gasteiger partial charge is 0.379 e. The second kappa shape index (κ2) is 15.5. The number of anilines is 6. The lowest BCUT2D eigenvalue weighted by atomic mass is 9.76. The van der Waals surface area contributed by atoms with Crippen LogP contribution in [0.2, 0.25) is 0 Å². The number of nitrogen functional groups attached to an aromatic ring is 2. The topological polar surface area (TPSA) is 450 Å². The number of nitrogens with one attached hydrogen (secondary N) is 7. The predicted octanol–water partition coefficient (Wildman–Crippen LogP) is -2.46. The van der Waals surface area contributed by atoms with E-state index in [9.17, 15) is 0 Å². The molecule has 6 rings (SSSR count). The normalized spacial score (nSPS) is 15.0. The van der Waals surface area contributed by atoms with Crippen LogP contribution >= 0.6 is 0 Å². The van der Waals surface area contributed by atoms with E-state index < -0.39 is 11.7 Å². The van der Waals surface area contributed by atoms with Gasteiger partial charge in [0.1, 0.15) is 0 Å². The second-order valence-electron chi connectivity index (χ2n) is 13.4. The van der Waals surface area contributed by atoms with Crippen LogP contribution in [0.15, 0.2) is 15.3 Å². The molecule has 0 saturated carbocycles. The van der Waals surface area contributed by atoms with Gasteiger partial charge in [0, 0.05) is 5.41 Å². The van der Waals surface area contributed by atoms with Crippen LogP contribution < -0.4 is 49.6 Å². The Kier molecular flexibility index (Phi) is 10.6. The molecule has 300 valence electrons. The van der Waals surface area contributed by atoms with Gasteiger partial charge >= 0.3 is 0 Å². The minimum absolute atomic E-state index is 0.0121. The van der Waals surface area contributed by atoms with E-state index in [1.54, 1.807) is 0 Å². The molecular weight excluding hydrogens is 748 g/mol. The number of hydrazine groups is 2. The summed E-state index contributed by atoms with van der Waals surface area (Å²) in [7, 11) is 0. The number of hydrogen-bond acceptors (Lipinski definition) is 27. The third-order valence-electron chi connectivity index (χ3n) is 8.79. The smallest absolute Gasteiger partial charge is 0.292 e. The quantitative estimate of drug-likeness (QED) is 0.0172. The molecule has 0 fully saturated rings. The Morgan fingerprint density at radius 1 is 0.860 bits per heavy atom. The first-order valence-corrected chi connectivity index (χ1v) is 16.9. The zero-order valence-corrected chi connectivity index (χ0v) is 31.5. The molecule has 15 N–H and O–H groups in total. The number of amidine groups is 1. The van der Waals surface area contributed by atoms with E-state index in [0.29, 0.717) is 0 Å². The summed E-state index contributed by atoms with van der Waals surface area (Å²) in [4.78, 5) is 16.8. The highest BCUT2D eigenvalue weighted by atomic mass is 15.7. The SMILES string of the molecule is CC(C)C(C)N(N=N)C1N=C(Nc2nnc(-n3nc(N(N)/N=C(\N)c4n[nH]c(Nc5nnc(-n6nc(C(=N)C(C)(C)C(C)C)nc6N)nn5)n4)nc3N)nn2)NN1. The molecule has 32 heteroatoms. The lowest BCUT2D eigenvalue weighted by Gasteiger charge is -2.30. The summed E-state index contributed by atoms with van der Waals surface area (Å²) in [6.45, 7) is 13.8. The summed E-state index contributed by atoms with van der Waals surface area (Å²) < 4.78 is 2.15. The standard InChI is InChI=1S/C25H40N32/c1-8(2)10(5)54(53-30)21-37-18(40-45-21)36-20-43-48-24(49-44-20)56-16(29)34-22(52-56)57(31)50-12(27)14-33-17(39-38-14)35-19-41-46-23(47-42-19)55-15(28)32-13(51-55)11(26)25(6,7)9(3)4/h8-10,21,26,30,45H,31H2,1-7H3,(H2,27,50)(H2,28,32,51)(H2,29,34,52)(H2,36,37,40,43,44)(H2,33,35,38,39,41,42). The Balaban J connectivity index is 1.06. The minimum Gasteiger partial charge on any atom is -0.379 e. The molecule has 5 aromatic heterocycles. The molecule has 0 aromatic carbocycles. The molecule has 57 heavy (non-hydrogen) atoms. The molecule has 0 spiro atoms. The van der Waals surface area contributed by atoms with Crippen molar-refractivity contribution in [2.24, 2.45) is 44.1 Å². The van der Waals surface area contributed by atoms with Crippen molar-refractivity contribution in [3.8, 4) is 11.9 Å². The maximum Gasteiger partial charge on any atom is 0.292 e. The third-order valence-corrected chi connectivity index (χ3v) is 8.79. The maximum atomic E-state index is 8.56. The summed E-state index contributed by atoms with van der Waals surface area (Å²) in [5.74, 6) is 5.79. The van der Waals surface area contributed by atoms with Gasteiger partial charge in [0.2, 0.25) is 35.9 Å². The molecule has 0 radical (unpaired) electrons. The first kappa shape index (κ1) is 38.9. The van der Waals surface area contributed by atoms with E-state index in [1.807, 2.05) is 48.5 Å². The number of nitrogens with two attached hydrogens (primary N) is 4. The number of H-pyrrole nitrogens is 1. The number of nitrogens with zero attached hydrogens (tertiary/aromatic N) is 21. The van der Waals surface area contributed by atoms with Gasteiger partial charge in [0.15, 0.2) is 11.7 Å². The van der Waals surface area contributed by atoms with Crippen molar-refractivity contribution in [2.45, 2.75) is 60.8 Å². The van der Waals surface area contributed by atoms with Gasteiger partial charge in [-0.2, -0.15) is 40.4 Å². The summed E-state index contributed by atoms with van der Waals surface area (Å²) in [6, 6.07) is -0.0666.